The van der Waals surface area contributed by atoms with Crippen molar-refractivity contribution in [3.8, 4) is 11.1 Å². The summed E-state index contributed by atoms with van der Waals surface area (Å²) >= 11 is 5.15. The first-order valence-electron chi connectivity index (χ1n) is 18.4. The van der Waals surface area contributed by atoms with E-state index >= 15 is 0 Å². The predicted molar refractivity (Wildman–Crippen MR) is 210 cm³/mol. The third-order valence-corrected chi connectivity index (χ3v) is 9.75. The van der Waals surface area contributed by atoms with E-state index in [2.05, 4.69) is 16.0 Å². The molecule has 1 aromatic heterocycles. The second-order valence-corrected chi connectivity index (χ2v) is 13.8. The zero-order chi connectivity index (χ0) is 39.6. The number of thiocarbonyl (C=S) groups is 1. The third-order valence-electron chi connectivity index (χ3n) is 9.52. The number of nitrogens with one attached hydrogen (secondary N) is 3. The molecule has 3 aromatic carbocycles. The van der Waals surface area contributed by atoms with Crippen molar-refractivity contribution < 1.29 is 42.2 Å². The number of nitrogens with zero attached hydrogens (tertiary/aromatic N) is 2. The molecule has 0 saturated carbocycles. The van der Waals surface area contributed by atoms with Crippen LogP contribution in [0.25, 0.3) is 22.0 Å². The van der Waals surface area contributed by atoms with Crippen LogP contribution in [-0.2, 0) is 36.9 Å². The van der Waals surface area contributed by atoms with Gasteiger partial charge in [0, 0.05) is 72.9 Å². The Morgan fingerprint density at radius 1 is 0.893 bits per heavy atom. The minimum Gasteiger partial charge on any atom is -0.389 e. The number of benzene rings is 3. The molecule has 1 saturated heterocycles. The van der Waals surface area contributed by atoms with Crippen molar-refractivity contribution >= 4 is 57.4 Å². The van der Waals surface area contributed by atoms with Crippen LogP contribution >= 0.6 is 12.2 Å². The Morgan fingerprint density at radius 3 is 2.36 bits per heavy atom. The Morgan fingerprint density at radius 2 is 1.62 bits per heavy atom. The van der Waals surface area contributed by atoms with E-state index in [4.69, 9.17) is 32.2 Å². The van der Waals surface area contributed by atoms with Crippen molar-refractivity contribution in [2.75, 3.05) is 58.0 Å². The van der Waals surface area contributed by atoms with E-state index in [1.165, 1.54) is 0 Å². The number of carbonyl (C=O) groups is 4. The van der Waals surface area contributed by atoms with E-state index in [0.29, 0.717) is 70.0 Å². The van der Waals surface area contributed by atoms with Gasteiger partial charge in [0.25, 0.3) is 11.8 Å². The molecule has 1 atom stereocenters. The van der Waals surface area contributed by atoms with Crippen LogP contribution in [0.15, 0.2) is 66.9 Å². The molecule has 16 heteroatoms. The lowest BCUT2D eigenvalue weighted by molar-refractivity contribution is -0.136. The number of hydrogen-bond acceptors (Lipinski definition) is 10. The molecule has 56 heavy (non-hydrogen) atoms. The number of hydrogen-bond donors (Lipinski definition) is 4. The zero-order valence-electron chi connectivity index (χ0n) is 30.7. The highest BCUT2D eigenvalue weighted by atomic mass is 32.1. The lowest BCUT2D eigenvalue weighted by Gasteiger charge is -2.27. The summed E-state index contributed by atoms with van der Waals surface area (Å²) in [5, 5.41) is 9.65. The van der Waals surface area contributed by atoms with Crippen molar-refractivity contribution in [3.05, 3.63) is 89.1 Å². The summed E-state index contributed by atoms with van der Waals surface area (Å²) in [5.41, 5.74) is 11.2. The summed E-state index contributed by atoms with van der Waals surface area (Å²) in [5.74, 6) is -2.21. The molecule has 6 rings (SSSR count). The summed E-state index contributed by atoms with van der Waals surface area (Å²) in [7, 11) is 0. The van der Waals surface area contributed by atoms with Gasteiger partial charge in [-0.25, -0.2) is 8.78 Å². The fourth-order valence-corrected chi connectivity index (χ4v) is 6.91. The van der Waals surface area contributed by atoms with Gasteiger partial charge < -0.3 is 35.1 Å². The van der Waals surface area contributed by atoms with E-state index in [-0.39, 0.29) is 36.9 Å². The molecule has 296 valence electrons. The number of alkyl halides is 2. The molecular weight excluding hydrogens is 747 g/mol. The SMILES string of the molecule is NC(=S)c1cccc(-c2cn(CCC(F)F)c3cc(CNCCOCCOCCOCCNc4cccc5c4C(=O)N(C4CCC(=O)NC4=O)C5=O)ccc23)c1. The Bertz CT molecular complexity index is 2090. The van der Waals surface area contributed by atoms with E-state index < -0.39 is 36.1 Å². The Kier molecular flexibility index (Phi) is 13.9. The van der Waals surface area contributed by atoms with Gasteiger partial charge in [-0.3, -0.25) is 29.4 Å². The number of aryl methyl sites for hydroxylation is 1. The van der Waals surface area contributed by atoms with Crippen molar-refractivity contribution in [2.24, 2.45) is 5.73 Å². The van der Waals surface area contributed by atoms with Crippen LogP contribution in [-0.4, -0.2) is 103 Å². The highest BCUT2D eigenvalue weighted by molar-refractivity contribution is 7.80. The average Bonchev–Trinajstić information content (AvgIpc) is 3.67. The predicted octanol–water partition coefficient (Wildman–Crippen LogP) is 4.25. The van der Waals surface area contributed by atoms with Gasteiger partial charge in [0.2, 0.25) is 18.2 Å². The number of piperidine rings is 1. The molecule has 5 N–H and O–H groups in total. The third kappa shape index (κ3) is 9.81. The number of amides is 4. The van der Waals surface area contributed by atoms with Gasteiger partial charge in [-0.05, 0) is 41.8 Å². The molecule has 4 aromatic rings. The minimum absolute atomic E-state index is 0.0552. The van der Waals surface area contributed by atoms with Crippen molar-refractivity contribution in [3.63, 3.8) is 0 Å². The van der Waals surface area contributed by atoms with Crippen LogP contribution < -0.4 is 21.7 Å². The van der Waals surface area contributed by atoms with Gasteiger partial charge >= 0.3 is 0 Å². The first-order valence-corrected chi connectivity index (χ1v) is 18.9. The van der Waals surface area contributed by atoms with Crippen LogP contribution in [0.1, 0.15) is 51.1 Å². The van der Waals surface area contributed by atoms with Gasteiger partial charge in [0.1, 0.15) is 11.0 Å². The number of imide groups is 2. The summed E-state index contributed by atoms with van der Waals surface area (Å²) < 4.78 is 45.0. The quantitative estimate of drug-likeness (QED) is 0.0542. The van der Waals surface area contributed by atoms with Gasteiger partial charge in [-0.15, -0.1) is 0 Å². The van der Waals surface area contributed by atoms with Crippen molar-refractivity contribution in [1.82, 2.24) is 20.1 Å². The van der Waals surface area contributed by atoms with E-state index in [1.54, 1.807) is 18.2 Å². The number of halogens is 2. The molecule has 1 unspecified atom stereocenters. The Balaban J connectivity index is 0.854. The number of ether oxygens (including phenoxy) is 3. The lowest BCUT2D eigenvalue weighted by atomic mass is 10.0. The number of anilines is 1. The van der Waals surface area contributed by atoms with Crippen LogP contribution in [0.2, 0.25) is 0 Å². The fraction of sp³-hybridized carbons (Fsp3) is 0.375. The number of aromatic nitrogens is 1. The first-order chi connectivity index (χ1) is 27.1. The highest BCUT2D eigenvalue weighted by Gasteiger charge is 2.45. The van der Waals surface area contributed by atoms with Crippen LogP contribution in [0.4, 0.5) is 14.5 Å². The van der Waals surface area contributed by atoms with Crippen LogP contribution in [0.3, 0.4) is 0 Å². The summed E-state index contributed by atoms with van der Waals surface area (Å²) in [6.45, 7) is 4.07. The molecule has 4 amide bonds. The maximum Gasteiger partial charge on any atom is 0.264 e. The molecule has 0 spiro atoms. The van der Waals surface area contributed by atoms with E-state index in [0.717, 1.165) is 38.1 Å². The van der Waals surface area contributed by atoms with Crippen molar-refractivity contribution in [1.29, 1.82) is 0 Å². The summed E-state index contributed by atoms with van der Waals surface area (Å²) in [4.78, 5) is 51.3. The topological polar surface area (TPSA) is 166 Å². The van der Waals surface area contributed by atoms with E-state index in [1.807, 2.05) is 53.2 Å². The van der Waals surface area contributed by atoms with Crippen LogP contribution in [0.5, 0.6) is 0 Å². The van der Waals surface area contributed by atoms with Crippen LogP contribution in [0, 0.1) is 0 Å². The maximum absolute atomic E-state index is 13.2. The Labute approximate surface area is 327 Å². The van der Waals surface area contributed by atoms with Gasteiger partial charge in [-0.2, -0.15) is 0 Å². The molecular formula is C40H44F2N6O7S. The smallest absolute Gasteiger partial charge is 0.264 e. The van der Waals surface area contributed by atoms with Gasteiger partial charge in [-0.1, -0.05) is 48.6 Å². The Hall–Kier alpha value is -5.13. The summed E-state index contributed by atoms with van der Waals surface area (Å²) in [6, 6.07) is 17.5. The number of carbonyl (C=O) groups excluding carboxylic acids is 4. The lowest BCUT2D eigenvalue weighted by Crippen LogP contribution is -2.54. The molecule has 0 aliphatic carbocycles. The standard InChI is InChI=1S/C40H44F2N6O7S/c41-34(42)11-14-47-24-30(26-3-1-4-27(22-26)37(43)56)28-8-7-25(21-33(28)47)23-44-12-15-53-17-19-55-20-18-54-16-13-45-31-6-2-5-29-36(31)40(52)48(39(29)51)32-9-10-35(49)46-38(32)50/h1-8,21-22,24,32,34,44-45H,9-20,23H2,(H2,43,56)(H,46,49,50). The molecule has 2 aliphatic heterocycles. The largest absolute Gasteiger partial charge is 0.389 e. The normalized spacial score (nSPS) is 15.6. The average molecular weight is 791 g/mol. The maximum atomic E-state index is 13.2. The molecule has 13 nitrogen and oxygen atoms in total. The molecule has 0 bridgehead atoms. The van der Waals surface area contributed by atoms with Gasteiger partial charge in [0.05, 0.1) is 50.8 Å². The highest BCUT2D eigenvalue weighted by Crippen LogP contribution is 2.34. The number of fused-ring (bicyclic) bond motifs is 2. The van der Waals surface area contributed by atoms with Crippen molar-refractivity contribution in [2.45, 2.75) is 44.8 Å². The number of nitrogens with two attached hydrogens (primary N) is 1. The summed E-state index contributed by atoms with van der Waals surface area (Å²) in [6.07, 6.45) is -0.584. The zero-order valence-corrected chi connectivity index (χ0v) is 31.5. The second-order valence-electron chi connectivity index (χ2n) is 13.3. The van der Waals surface area contributed by atoms with Gasteiger partial charge in [0.15, 0.2) is 0 Å². The monoisotopic (exact) mass is 790 g/mol. The first kappa shape index (κ1) is 40.5. The molecule has 0 radical (unpaired) electrons. The molecule has 2 aliphatic rings. The minimum atomic E-state index is -2.40. The molecule has 3 heterocycles. The number of rotatable bonds is 21. The fourth-order valence-electron chi connectivity index (χ4n) is 6.78. The second kappa shape index (κ2) is 19.1. The van der Waals surface area contributed by atoms with E-state index in [9.17, 15) is 28.0 Å². The molecule has 1 fully saturated rings.